The van der Waals surface area contributed by atoms with E-state index in [2.05, 4.69) is 4.98 Å². The van der Waals surface area contributed by atoms with Crippen LogP contribution in [0.1, 0.15) is 24.8 Å². The van der Waals surface area contributed by atoms with Gasteiger partial charge in [0.05, 0.1) is 24.2 Å². The molecule has 0 unspecified atom stereocenters. The molecule has 0 bridgehead atoms. The molecule has 1 aliphatic heterocycles. The van der Waals surface area contributed by atoms with Crippen LogP contribution in [-0.4, -0.2) is 44.2 Å². The van der Waals surface area contributed by atoms with Crippen molar-refractivity contribution in [2.24, 2.45) is 0 Å². The van der Waals surface area contributed by atoms with Gasteiger partial charge in [0.25, 0.3) is 5.56 Å². The van der Waals surface area contributed by atoms with Gasteiger partial charge in [-0.25, -0.2) is 13.8 Å². The van der Waals surface area contributed by atoms with Gasteiger partial charge in [-0.3, -0.25) is 14.2 Å². The van der Waals surface area contributed by atoms with Gasteiger partial charge < -0.3 is 10.0 Å². The highest BCUT2D eigenvalue weighted by Crippen LogP contribution is 2.25. The maximum Gasteiger partial charge on any atom is 0.253 e. The molecule has 0 saturated carbocycles. The molecule has 4 rings (SSSR count). The van der Waals surface area contributed by atoms with Gasteiger partial charge in [0.15, 0.2) is 0 Å². The minimum absolute atomic E-state index is 0.0190. The van der Waals surface area contributed by atoms with Gasteiger partial charge in [0.1, 0.15) is 11.6 Å². The number of carbonyl (C=O) groups excluding carboxylic acids is 1. The third kappa shape index (κ3) is 5.51. The van der Waals surface area contributed by atoms with E-state index in [1.54, 1.807) is 35.2 Å². The predicted molar refractivity (Wildman–Crippen MR) is 119 cm³/mol. The van der Waals surface area contributed by atoms with E-state index < -0.39 is 11.4 Å². The number of nitrogens with zero attached hydrogens (tertiary/aromatic N) is 3. The van der Waals surface area contributed by atoms with Crippen LogP contribution in [0.4, 0.5) is 8.78 Å². The Hall–Kier alpha value is -3.39. The highest BCUT2D eigenvalue weighted by atomic mass is 19.1. The molecule has 2 aromatic carbocycles. The van der Waals surface area contributed by atoms with Gasteiger partial charge in [-0.2, -0.15) is 0 Å². The summed E-state index contributed by atoms with van der Waals surface area (Å²) in [6.45, 7) is 0.816. The molecule has 6 nitrogen and oxygen atoms in total. The van der Waals surface area contributed by atoms with Crippen molar-refractivity contribution in [1.82, 2.24) is 14.5 Å². The van der Waals surface area contributed by atoms with Gasteiger partial charge >= 0.3 is 0 Å². The third-order valence-corrected chi connectivity index (χ3v) is 6.08. The summed E-state index contributed by atoms with van der Waals surface area (Å²) in [7, 11) is 0. The van der Waals surface area contributed by atoms with Crippen molar-refractivity contribution in [2.75, 3.05) is 13.1 Å². The number of aliphatic hydroxyl groups is 1. The zero-order valence-electron chi connectivity index (χ0n) is 18.1. The fourth-order valence-electron chi connectivity index (χ4n) is 4.07. The zero-order valence-corrected chi connectivity index (χ0v) is 18.1. The molecule has 0 spiro atoms. The lowest BCUT2D eigenvalue weighted by Crippen LogP contribution is -2.49. The van der Waals surface area contributed by atoms with Crippen LogP contribution in [0, 0.1) is 11.6 Å². The number of carbonyl (C=O) groups is 1. The average Bonchev–Trinajstić information content (AvgIpc) is 2.81. The maximum atomic E-state index is 14.0. The molecular weight excluding hydrogens is 428 g/mol. The lowest BCUT2D eigenvalue weighted by atomic mass is 9.91. The summed E-state index contributed by atoms with van der Waals surface area (Å²) in [5, 5.41) is 11.0. The lowest BCUT2D eigenvalue weighted by Gasteiger charge is -2.38. The van der Waals surface area contributed by atoms with Gasteiger partial charge in [0, 0.05) is 31.1 Å². The average molecular weight is 453 g/mol. The van der Waals surface area contributed by atoms with Gasteiger partial charge in [-0.15, -0.1) is 0 Å². The molecular formula is C25H25F2N3O3. The molecule has 172 valence electrons. The van der Waals surface area contributed by atoms with Gasteiger partial charge in [-0.1, -0.05) is 24.3 Å². The number of halogens is 2. The number of rotatable bonds is 6. The normalized spacial score (nSPS) is 15.4. The van der Waals surface area contributed by atoms with E-state index >= 15 is 0 Å². The molecule has 33 heavy (non-hydrogen) atoms. The molecule has 0 atom stereocenters. The van der Waals surface area contributed by atoms with Crippen LogP contribution in [0.2, 0.25) is 0 Å². The Morgan fingerprint density at radius 1 is 1.06 bits per heavy atom. The number of hydrogen-bond acceptors (Lipinski definition) is 4. The van der Waals surface area contributed by atoms with Crippen LogP contribution >= 0.6 is 0 Å². The summed E-state index contributed by atoms with van der Waals surface area (Å²) >= 11 is 0. The van der Waals surface area contributed by atoms with Crippen LogP contribution in [0.15, 0.2) is 65.7 Å². The fourth-order valence-corrected chi connectivity index (χ4v) is 4.07. The number of hydrogen-bond donors (Lipinski definition) is 1. The van der Waals surface area contributed by atoms with Crippen molar-refractivity contribution < 1.29 is 18.7 Å². The molecule has 0 radical (unpaired) electrons. The number of piperidine rings is 1. The van der Waals surface area contributed by atoms with E-state index in [-0.39, 0.29) is 35.1 Å². The summed E-state index contributed by atoms with van der Waals surface area (Å²) in [6, 6.07) is 13.4. The van der Waals surface area contributed by atoms with Crippen LogP contribution in [-0.2, 0) is 17.8 Å². The monoisotopic (exact) mass is 453 g/mol. The number of amides is 1. The summed E-state index contributed by atoms with van der Waals surface area (Å²) in [5.74, 6) is -0.789. The smallest absolute Gasteiger partial charge is 0.253 e. The molecule has 3 aromatic rings. The van der Waals surface area contributed by atoms with Crippen LogP contribution in [0.3, 0.4) is 0 Å². The number of aromatic nitrogens is 2. The Kier molecular flexibility index (Phi) is 6.65. The lowest BCUT2D eigenvalue weighted by molar-refractivity contribution is -0.135. The summed E-state index contributed by atoms with van der Waals surface area (Å²) < 4.78 is 28.3. The second-order valence-corrected chi connectivity index (χ2v) is 8.45. The van der Waals surface area contributed by atoms with Crippen molar-refractivity contribution in [3.63, 3.8) is 0 Å². The Labute approximate surface area is 190 Å². The van der Waals surface area contributed by atoms with E-state index in [4.69, 9.17) is 0 Å². The predicted octanol–water partition coefficient (Wildman–Crippen LogP) is 3.17. The third-order valence-electron chi connectivity index (χ3n) is 6.08. The fraction of sp³-hybridized carbons (Fsp3) is 0.320. The summed E-state index contributed by atoms with van der Waals surface area (Å²) in [4.78, 5) is 31.0. The summed E-state index contributed by atoms with van der Waals surface area (Å²) in [6.07, 6.45) is 2.82. The molecule has 1 fully saturated rings. The first-order valence-electron chi connectivity index (χ1n) is 10.9. The highest BCUT2D eigenvalue weighted by Gasteiger charge is 2.34. The van der Waals surface area contributed by atoms with Crippen molar-refractivity contribution >= 4 is 5.91 Å². The minimum Gasteiger partial charge on any atom is -0.388 e. The van der Waals surface area contributed by atoms with Crippen molar-refractivity contribution in [3.8, 4) is 11.3 Å². The second-order valence-electron chi connectivity index (χ2n) is 8.45. The topological polar surface area (TPSA) is 75.4 Å². The first kappa shape index (κ1) is 22.8. The molecule has 0 aliphatic carbocycles. The molecule has 1 aliphatic rings. The van der Waals surface area contributed by atoms with Gasteiger partial charge in [0.2, 0.25) is 5.91 Å². The maximum absolute atomic E-state index is 14.0. The number of likely N-dealkylation sites (tertiary alicyclic amines) is 1. The summed E-state index contributed by atoms with van der Waals surface area (Å²) in [5.41, 5.74) is -0.145. The van der Waals surface area contributed by atoms with E-state index in [0.717, 1.165) is 5.56 Å². The molecule has 1 aromatic heterocycles. The Morgan fingerprint density at radius 3 is 2.42 bits per heavy atom. The quantitative estimate of drug-likeness (QED) is 0.622. The Bertz CT molecular complexity index is 1190. The van der Waals surface area contributed by atoms with Crippen molar-refractivity contribution in [2.45, 2.75) is 37.8 Å². The van der Waals surface area contributed by atoms with Crippen molar-refractivity contribution in [3.05, 3.63) is 88.5 Å². The molecule has 1 N–H and O–H groups in total. The Balaban J connectivity index is 1.34. The molecule has 1 amide bonds. The molecule has 2 heterocycles. The SMILES string of the molecule is O=C(CCc1ccc(F)cc1)N1CCC(O)(Cn2cnc(-c3ccccc3F)cc2=O)CC1. The Morgan fingerprint density at radius 2 is 1.76 bits per heavy atom. The highest BCUT2D eigenvalue weighted by molar-refractivity contribution is 5.76. The van der Waals surface area contributed by atoms with Crippen molar-refractivity contribution in [1.29, 1.82) is 0 Å². The standard InChI is InChI=1S/C25H25F2N3O3/c26-19-8-5-18(6-9-19)7-10-23(31)29-13-11-25(33,12-14-29)16-30-17-28-22(15-24(30)32)20-3-1-2-4-21(20)27/h1-6,8-9,15,17,33H,7,10-14,16H2. The zero-order chi connectivity index (χ0) is 23.4. The van der Waals surface area contributed by atoms with E-state index in [1.807, 2.05) is 0 Å². The second kappa shape index (κ2) is 9.62. The number of benzene rings is 2. The molecule has 8 heteroatoms. The van der Waals surface area contributed by atoms with Crippen LogP contribution in [0.25, 0.3) is 11.3 Å². The van der Waals surface area contributed by atoms with Crippen LogP contribution in [0.5, 0.6) is 0 Å². The first-order valence-corrected chi connectivity index (χ1v) is 10.9. The largest absolute Gasteiger partial charge is 0.388 e. The van der Waals surface area contributed by atoms with E-state index in [9.17, 15) is 23.5 Å². The minimum atomic E-state index is -1.14. The van der Waals surface area contributed by atoms with E-state index in [0.29, 0.717) is 38.8 Å². The van der Waals surface area contributed by atoms with Crippen LogP contribution < -0.4 is 5.56 Å². The molecule has 1 saturated heterocycles. The number of aryl methyl sites for hydroxylation is 1. The first-order chi connectivity index (χ1) is 15.8. The van der Waals surface area contributed by atoms with Gasteiger partial charge in [-0.05, 0) is 49.1 Å². The van der Waals surface area contributed by atoms with E-state index in [1.165, 1.54) is 35.2 Å².